The van der Waals surface area contributed by atoms with E-state index >= 15 is 0 Å². The molecule has 0 aliphatic carbocycles. The van der Waals surface area contributed by atoms with Gasteiger partial charge in [0.2, 0.25) is 0 Å². The monoisotopic (exact) mass is 488 g/mol. The lowest BCUT2D eigenvalue weighted by Crippen LogP contribution is -2.41. The predicted octanol–water partition coefficient (Wildman–Crippen LogP) is 6.89. The van der Waals surface area contributed by atoms with Crippen molar-refractivity contribution in [1.29, 1.82) is 0 Å². The van der Waals surface area contributed by atoms with Gasteiger partial charge in [-0.1, -0.05) is 62.4 Å². The summed E-state index contributed by atoms with van der Waals surface area (Å²) in [6, 6.07) is 13.7. The fourth-order valence-electron chi connectivity index (χ4n) is 4.37. The minimum atomic E-state index is -0.535. The SMILES string of the molecule is CCCCCCCC(=O)O[C@@H]1CCC(c2ccc(Cl)c(-c3ccc(OCC)cc3)c2)O[C@@H]1CO. The maximum Gasteiger partial charge on any atom is 0.306 e. The molecule has 0 saturated carbocycles. The van der Waals surface area contributed by atoms with Crippen LogP contribution in [-0.2, 0) is 14.3 Å². The fraction of sp³-hybridized carbons (Fsp3) is 0.536. The minimum absolute atomic E-state index is 0.190. The van der Waals surface area contributed by atoms with Crippen LogP contribution in [0.15, 0.2) is 42.5 Å². The molecule has 6 heteroatoms. The van der Waals surface area contributed by atoms with Gasteiger partial charge in [-0.05, 0) is 61.6 Å². The molecule has 0 spiro atoms. The average Bonchev–Trinajstić information content (AvgIpc) is 2.85. The Hall–Kier alpha value is -2.08. The summed E-state index contributed by atoms with van der Waals surface area (Å²) >= 11 is 6.51. The molecule has 186 valence electrons. The third-order valence-corrected chi connectivity index (χ3v) is 6.58. The molecule has 0 radical (unpaired) electrons. The Kier molecular flexibility index (Phi) is 10.7. The average molecular weight is 489 g/mol. The highest BCUT2D eigenvalue weighted by atomic mass is 35.5. The van der Waals surface area contributed by atoms with Crippen LogP contribution in [-0.4, -0.2) is 36.5 Å². The number of benzene rings is 2. The lowest BCUT2D eigenvalue weighted by molar-refractivity contribution is -0.178. The third kappa shape index (κ3) is 7.46. The van der Waals surface area contributed by atoms with Crippen LogP contribution in [0, 0.1) is 0 Å². The normalized spacial score (nSPS) is 20.2. The van der Waals surface area contributed by atoms with Gasteiger partial charge in [-0.3, -0.25) is 4.79 Å². The van der Waals surface area contributed by atoms with Crippen molar-refractivity contribution in [1.82, 2.24) is 0 Å². The molecule has 1 fully saturated rings. The van der Waals surface area contributed by atoms with Gasteiger partial charge in [0.15, 0.2) is 0 Å². The zero-order chi connectivity index (χ0) is 24.3. The van der Waals surface area contributed by atoms with Gasteiger partial charge in [0.05, 0.1) is 19.3 Å². The molecule has 1 N–H and O–H groups in total. The molecule has 1 heterocycles. The largest absolute Gasteiger partial charge is 0.494 e. The molecule has 0 amide bonds. The second kappa shape index (κ2) is 13.7. The topological polar surface area (TPSA) is 65.0 Å². The first-order valence-corrected chi connectivity index (χ1v) is 12.9. The summed E-state index contributed by atoms with van der Waals surface area (Å²) in [7, 11) is 0. The molecule has 1 aliphatic rings. The van der Waals surface area contributed by atoms with Crippen LogP contribution in [0.1, 0.15) is 76.9 Å². The number of esters is 1. The van der Waals surface area contributed by atoms with Gasteiger partial charge >= 0.3 is 5.97 Å². The van der Waals surface area contributed by atoms with E-state index in [1.807, 2.05) is 49.4 Å². The van der Waals surface area contributed by atoms with E-state index in [9.17, 15) is 9.90 Å². The molecule has 1 unspecified atom stereocenters. The van der Waals surface area contributed by atoms with Crippen molar-refractivity contribution in [2.24, 2.45) is 0 Å². The number of ether oxygens (including phenoxy) is 3. The highest BCUT2D eigenvalue weighted by molar-refractivity contribution is 6.33. The first-order chi connectivity index (χ1) is 16.5. The van der Waals surface area contributed by atoms with Gasteiger partial charge in [0.25, 0.3) is 0 Å². The summed E-state index contributed by atoms with van der Waals surface area (Å²) in [4.78, 5) is 12.3. The van der Waals surface area contributed by atoms with Crippen LogP contribution in [0.4, 0.5) is 0 Å². The fourth-order valence-corrected chi connectivity index (χ4v) is 4.60. The summed E-state index contributed by atoms with van der Waals surface area (Å²) in [5, 5.41) is 10.6. The quantitative estimate of drug-likeness (QED) is 0.260. The number of carbonyl (C=O) groups is 1. The Morgan fingerprint density at radius 2 is 1.82 bits per heavy atom. The molecule has 3 rings (SSSR count). The van der Waals surface area contributed by atoms with Gasteiger partial charge in [-0.15, -0.1) is 0 Å². The van der Waals surface area contributed by atoms with Crippen molar-refractivity contribution < 1.29 is 24.1 Å². The molecule has 0 bridgehead atoms. The van der Waals surface area contributed by atoms with E-state index in [1.54, 1.807) is 0 Å². The number of hydrogen-bond acceptors (Lipinski definition) is 5. The minimum Gasteiger partial charge on any atom is -0.494 e. The number of aliphatic hydroxyl groups excluding tert-OH is 1. The maximum atomic E-state index is 12.3. The predicted molar refractivity (Wildman–Crippen MR) is 135 cm³/mol. The first kappa shape index (κ1) is 26.5. The smallest absolute Gasteiger partial charge is 0.306 e. The molecule has 5 nitrogen and oxygen atoms in total. The standard InChI is InChI=1S/C28H37ClO5/c1-3-5-6-7-8-9-28(31)34-26-17-16-25(33-27(26)19-30)21-12-15-24(29)23(18-21)20-10-13-22(14-11-20)32-4-2/h10-15,18,25-27,30H,3-9,16-17,19H2,1-2H3/t25?,26-,27-/m1/s1. The second-order valence-electron chi connectivity index (χ2n) is 8.81. The summed E-state index contributed by atoms with van der Waals surface area (Å²) < 4.78 is 17.4. The Morgan fingerprint density at radius 3 is 2.53 bits per heavy atom. The lowest BCUT2D eigenvalue weighted by Gasteiger charge is -2.35. The van der Waals surface area contributed by atoms with Crippen LogP contribution < -0.4 is 4.74 Å². The zero-order valence-electron chi connectivity index (χ0n) is 20.3. The van der Waals surface area contributed by atoms with Crippen LogP contribution >= 0.6 is 11.6 Å². The van der Waals surface area contributed by atoms with Crippen LogP contribution in [0.3, 0.4) is 0 Å². The van der Waals surface area contributed by atoms with Crippen molar-refractivity contribution in [3.63, 3.8) is 0 Å². The van der Waals surface area contributed by atoms with Gasteiger partial charge in [-0.2, -0.15) is 0 Å². The van der Waals surface area contributed by atoms with Crippen molar-refractivity contribution in [2.45, 2.75) is 83.5 Å². The van der Waals surface area contributed by atoms with Crippen molar-refractivity contribution in [2.75, 3.05) is 13.2 Å². The van der Waals surface area contributed by atoms with Crippen molar-refractivity contribution in [3.05, 3.63) is 53.1 Å². The Labute approximate surface area is 208 Å². The molecular weight excluding hydrogens is 452 g/mol. The number of carbonyl (C=O) groups excluding carboxylic acids is 1. The van der Waals surface area contributed by atoms with E-state index in [0.29, 0.717) is 30.9 Å². The number of halogens is 1. The van der Waals surface area contributed by atoms with E-state index in [1.165, 1.54) is 12.8 Å². The zero-order valence-corrected chi connectivity index (χ0v) is 21.1. The molecule has 2 aromatic carbocycles. The molecule has 0 aromatic heterocycles. The molecule has 3 atom stereocenters. The van der Waals surface area contributed by atoms with Crippen LogP contribution in [0.25, 0.3) is 11.1 Å². The lowest BCUT2D eigenvalue weighted by atomic mass is 9.94. The summed E-state index contributed by atoms with van der Waals surface area (Å²) in [6.45, 7) is 4.56. The van der Waals surface area contributed by atoms with E-state index in [0.717, 1.165) is 41.7 Å². The van der Waals surface area contributed by atoms with Gasteiger partial charge in [0, 0.05) is 17.0 Å². The molecular formula is C28H37ClO5. The van der Waals surface area contributed by atoms with Gasteiger partial charge in [-0.25, -0.2) is 0 Å². The van der Waals surface area contributed by atoms with Gasteiger partial charge in [0.1, 0.15) is 18.0 Å². The summed E-state index contributed by atoms with van der Waals surface area (Å²) in [6.07, 6.45) is 6.05. The van der Waals surface area contributed by atoms with Crippen LogP contribution in [0.2, 0.25) is 5.02 Å². The van der Waals surface area contributed by atoms with Crippen molar-refractivity contribution in [3.8, 4) is 16.9 Å². The molecule has 2 aromatic rings. The Morgan fingerprint density at radius 1 is 1.06 bits per heavy atom. The van der Waals surface area contributed by atoms with E-state index in [2.05, 4.69) is 6.92 Å². The van der Waals surface area contributed by atoms with E-state index in [-0.39, 0.29) is 18.7 Å². The number of unbranched alkanes of at least 4 members (excludes halogenated alkanes) is 4. The van der Waals surface area contributed by atoms with Crippen LogP contribution in [0.5, 0.6) is 5.75 Å². The first-order valence-electron chi connectivity index (χ1n) is 12.5. The second-order valence-corrected chi connectivity index (χ2v) is 9.22. The summed E-state index contributed by atoms with van der Waals surface area (Å²) in [5.41, 5.74) is 2.91. The molecule has 34 heavy (non-hydrogen) atoms. The number of hydrogen-bond donors (Lipinski definition) is 1. The van der Waals surface area contributed by atoms with E-state index < -0.39 is 12.2 Å². The van der Waals surface area contributed by atoms with Gasteiger partial charge < -0.3 is 19.3 Å². The summed E-state index contributed by atoms with van der Waals surface area (Å²) in [5.74, 6) is 0.618. The van der Waals surface area contributed by atoms with E-state index in [4.69, 9.17) is 25.8 Å². The maximum absolute atomic E-state index is 12.3. The third-order valence-electron chi connectivity index (χ3n) is 6.25. The highest BCUT2D eigenvalue weighted by Gasteiger charge is 2.34. The Balaban J connectivity index is 1.61. The number of rotatable bonds is 12. The highest BCUT2D eigenvalue weighted by Crippen LogP contribution is 2.37. The molecule has 1 saturated heterocycles. The Bertz CT molecular complexity index is 898. The van der Waals surface area contributed by atoms with Crippen molar-refractivity contribution >= 4 is 17.6 Å². The molecule has 1 aliphatic heterocycles. The number of aliphatic hydroxyl groups is 1.